The van der Waals surface area contributed by atoms with Crippen molar-refractivity contribution in [3.63, 3.8) is 0 Å². The maximum absolute atomic E-state index is 12.3. The molecular formula is C13H18N2O4. The Morgan fingerprint density at radius 1 is 1.53 bits per heavy atom. The molecule has 104 valence electrons. The number of pyridine rings is 1. The van der Waals surface area contributed by atoms with Gasteiger partial charge in [0, 0.05) is 25.4 Å². The molecule has 1 unspecified atom stereocenters. The van der Waals surface area contributed by atoms with Crippen molar-refractivity contribution in [1.82, 2.24) is 9.88 Å². The summed E-state index contributed by atoms with van der Waals surface area (Å²) in [5.41, 5.74) is 0.179. The van der Waals surface area contributed by atoms with Crippen molar-refractivity contribution in [3.05, 3.63) is 29.6 Å². The lowest BCUT2D eigenvalue weighted by molar-refractivity contribution is 0.0579. The molecule has 0 radical (unpaired) electrons. The van der Waals surface area contributed by atoms with Gasteiger partial charge >= 0.3 is 5.97 Å². The fourth-order valence-corrected chi connectivity index (χ4v) is 1.83. The number of hydrogen-bond acceptors (Lipinski definition) is 4. The van der Waals surface area contributed by atoms with Gasteiger partial charge in [-0.3, -0.25) is 4.79 Å². The molecule has 1 atom stereocenters. The molecule has 1 heterocycles. The Morgan fingerprint density at radius 3 is 2.74 bits per heavy atom. The number of carbonyl (C=O) groups excluding carboxylic acids is 1. The minimum Gasteiger partial charge on any atom is -0.477 e. The largest absolute Gasteiger partial charge is 0.477 e. The van der Waals surface area contributed by atoms with E-state index in [0.717, 1.165) is 0 Å². The monoisotopic (exact) mass is 266 g/mol. The third kappa shape index (κ3) is 3.75. The molecule has 0 fully saturated rings. The Hall–Kier alpha value is -1.95. The van der Waals surface area contributed by atoms with Crippen LogP contribution in [0.25, 0.3) is 0 Å². The maximum atomic E-state index is 12.3. The molecule has 0 aliphatic carbocycles. The Morgan fingerprint density at radius 2 is 2.21 bits per heavy atom. The Balaban J connectivity index is 2.97. The molecule has 0 spiro atoms. The van der Waals surface area contributed by atoms with E-state index in [4.69, 9.17) is 9.84 Å². The first-order valence-electron chi connectivity index (χ1n) is 6.00. The van der Waals surface area contributed by atoms with Crippen LogP contribution in [0.4, 0.5) is 0 Å². The van der Waals surface area contributed by atoms with E-state index >= 15 is 0 Å². The van der Waals surface area contributed by atoms with Crippen LogP contribution in [0.1, 0.15) is 34.7 Å². The van der Waals surface area contributed by atoms with Gasteiger partial charge in [0.15, 0.2) is 0 Å². The van der Waals surface area contributed by atoms with E-state index in [2.05, 4.69) is 4.98 Å². The minimum absolute atomic E-state index is 0.0797. The first-order chi connectivity index (χ1) is 9.01. The fraction of sp³-hybridized carbons (Fsp3) is 0.462. The van der Waals surface area contributed by atoms with E-state index in [0.29, 0.717) is 18.7 Å². The van der Waals surface area contributed by atoms with Gasteiger partial charge in [0.25, 0.3) is 5.91 Å². The number of likely N-dealkylation sites (N-methyl/N-ethyl adjacent to an activating group) is 1. The zero-order chi connectivity index (χ0) is 14.4. The highest BCUT2D eigenvalue weighted by Crippen LogP contribution is 2.10. The third-order valence-corrected chi connectivity index (χ3v) is 2.77. The van der Waals surface area contributed by atoms with Crippen molar-refractivity contribution in [3.8, 4) is 0 Å². The van der Waals surface area contributed by atoms with Crippen molar-refractivity contribution in [2.45, 2.75) is 19.9 Å². The number of hydrogen-bond donors (Lipinski definition) is 1. The quantitative estimate of drug-likeness (QED) is 0.839. The van der Waals surface area contributed by atoms with Crippen LogP contribution in [0.2, 0.25) is 0 Å². The number of rotatable bonds is 6. The number of amides is 1. The van der Waals surface area contributed by atoms with Gasteiger partial charge in [-0.1, -0.05) is 0 Å². The summed E-state index contributed by atoms with van der Waals surface area (Å²) in [5.74, 6) is -1.38. The van der Waals surface area contributed by atoms with Crippen molar-refractivity contribution in [2.75, 3.05) is 20.3 Å². The zero-order valence-corrected chi connectivity index (χ0v) is 11.3. The number of nitrogens with zero attached hydrogens (tertiary/aromatic N) is 2. The molecule has 0 saturated heterocycles. The van der Waals surface area contributed by atoms with Crippen LogP contribution in [0.15, 0.2) is 18.3 Å². The fourth-order valence-electron chi connectivity index (χ4n) is 1.83. The first kappa shape index (κ1) is 15.1. The van der Waals surface area contributed by atoms with E-state index in [1.165, 1.54) is 18.3 Å². The zero-order valence-electron chi connectivity index (χ0n) is 11.3. The lowest BCUT2D eigenvalue weighted by atomic mass is 10.1. The second-order valence-corrected chi connectivity index (χ2v) is 4.13. The maximum Gasteiger partial charge on any atom is 0.354 e. The van der Waals surface area contributed by atoms with Gasteiger partial charge < -0.3 is 14.7 Å². The van der Waals surface area contributed by atoms with Crippen LogP contribution >= 0.6 is 0 Å². The summed E-state index contributed by atoms with van der Waals surface area (Å²) in [6.45, 7) is 4.69. The second kappa shape index (κ2) is 6.84. The Bertz CT molecular complexity index is 462. The smallest absolute Gasteiger partial charge is 0.354 e. The van der Waals surface area contributed by atoms with Crippen LogP contribution in [0.3, 0.4) is 0 Å². The Labute approximate surface area is 112 Å². The predicted molar refractivity (Wildman–Crippen MR) is 69.2 cm³/mol. The normalized spacial score (nSPS) is 11.9. The molecule has 19 heavy (non-hydrogen) atoms. The number of ether oxygens (including phenoxy) is 1. The van der Waals surface area contributed by atoms with E-state index in [9.17, 15) is 9.59 Å². The van der Waals surface area contributed by atoms with Gasteiger partial charge in [-0.2, -0.15) is 0 Å². The number of carbonyl (C=O) groups is 2. The predicted octanol–water partition coefficient (Wildman–Crippen LogP) is 1.28. The molecule has 0 aromatic carbocycles. The van der Waals surface area contributed by atoms with Crippen molar-refractivity contribution < 1.29 is 19.4 Å². The van der Waals surface area contributed by atoms with E-state index in [-0.39, 0.29) is 17.6 Å². The molecule has 6 heteroatoms. The third-order valence-electron chi connectivity index (χ3n) is 2.77. The van der Waals surface area contributed by atoms with Crippen molar-refractivity contribution in [1.29, 1.82) is 0 Å². The highest BCUT2D eigenvalue weighted by Gasteiger charge is 2.21. The van der Waals surface area contributed by atoms with Crippen LogP contribution in [0.5, 0.6) is 0 Å². The van der Waals surface area contributed by atoms with E-state index in [1.807, 2.05) is 13.8 Å². The number of carboxylic acid groups (broad SMARTS) is 1. The Kier molecular flexibility index (Phi) is 5.44. The lowest BCUT2D eigenvalue weighted by Gasteiger charge is -2.27. The molecule has 1 aromatic heterocycles. The topological polar surface area (TPSA) is 79.7 Å². The minimum atomic E-state index is -1.15. The SMILES string of the molecule is CCN(C(=O)c1ccnc(C(=O)O)c1)C(C)COC. The lowest BCUT2D eigenvalue weighted by Crippen LogP contribution is -2.41. The summed E-state index contributed by atoms with van der Waals surface area (Å²) in [5, 5.41) is 8.87. The summed E-state index contributed by atoms with van der Waals surface area (Å²) >= 11 is 0. The van der Waals surface area contributed by atoms with Crippen LogP contribution in [-0.2, 0) is 4.74 Å². The molecular weight excluding hydrogens is 248 g/mol. The summed E-state index contributed by atoms with van der Waals surface area (Å²) in [6, 6.07) is 2.72. The molecule has 6 nitrogen and oxygen atoms in total. The summed E-state index contributed by atoms with van der Waals surface area (Å²) < 4.78 is 5.03. The average Bonchev–Trinajstić information content (AvgIpc) is 2.39. The molecule has 1 rings (SSSR count). The molecule has 0 saturated carbocycles. The summed E-state index contributed by atoms with van der Waals surface area (Å²) in [7, 11) is 1.57. The number of aromatic nitrogens is 1. The van der Waals surface area contributed by atoms with E-state index < -0.39 is 5.97 Å². The number of aromatic carboxylic acids is 1. The highest BCUT2D eigenvalue weighted by atomic mass is 16.5. The summed E-state index contributed by atoms with van der Waals surface area (Å²) in [6.07, 6.45) is 1.32. The second-order valence-electron chi connectivity index (χ2n) is 4.13. The van der Waals surface area contributed by atoms with Crippen LogP contribution in [-0.4, -0.2) is 53.2 Å². The van der Waals surface area contributed by atoms with Crippen molar-refractivity contribution >= 4 is 11.9 Å². The van der Waals surface area contributed by atoms with Gasteiger partial charge in [0.2, 0.25) is 0 Å². The van der Waals surface area contributed by atoms with Crippen LogP contribution in [0, 0.1) is 0 Å². The standard InChI is InChI=1S/C13H18N2O4/c1-4-15(9(2)8-19-3)12(16)10-5-6-14-11(7-10)13(17)18/h5-7,9H,4,8H2,1-3H3,(H,17,18). The van der Waals surface area contributed by atoms with Gasteiger partial charge in [-0.25, -0.2) is 9.78 Å². The van der Waals surface area contributed by atoms with Crippen LogP contribution < -0.4 is 0 Å². The molecule has 0 aliphatic heterocycles. The highest BCUT2D eigenvalue weighted by molar-refractivity contribution is 5.96. The van der Waals surface area contributed by atoms with Gasteiger partial charge in [-0.15, -0.1) is 0 Å². The van der Waals surface area contributed by atoms with E-state index in [1.54, 1.807) is 12.0 Å². The molecule has 1 aromatic rings. The van der Waals surface area contributed by atoms with Gasteiger partial charge in [-0.05, 0) is 26.0 Å². The van der Waals surface area contributed by atoms with Gasteiger partial charge in [0.1, 0.15) is 5.69 Å². The molecule has 1 N–H and O–H groups in total. The van der Waals surface area contributed by atoms with Crippen molar-refractivity contribution in [2.24, 2.45) is 0 Å². The number of methoxy groups -OCH3 is 1. The molecule has 1 amide bonds. The summed E-state index contributed by atoms with van der Waals surface area (Å²) in [4.78, 5) is 28.5. The average molecular weight is 266 g/mol. The molecule has 0 bridgehead atoms. The van der Waals surface area contributed by atoms with Gasteiger partial charge in [0.05, 0.1) is 12.6 Å². The number of carboxylic acids is 1. The first-order valence-corrected chi connectivity index (χ1v) is 6.00. The molecule has 0 aliphatic rings.